The molecule has 106 valence electrons. The molecule has 0 aliphatic heterocycles. The summed E-state index contributed by atoms with van der Waals surface area (Å²) in [6.07, 6.45) is 1.40. The van der Waals surface area contributed by atoms with E-state index in [1.54, 1.807) is 19.2 Å². The quantitative estimate of drug-likeness (QED) is 0.902. The van der Waals surface area contributed by atoms with Crippen molar-refractivity contribution < 1.29 is 8.42 Å². The fraction of sp³-hybridized carbons (Fsp3) is 0.0833. The highest BCUT2D eigenvalue weighted by Gasteiger charge is 2.20. The molecule has 0 fully saturated rings. The SMILES string of the molecule is CNc1cccnc1S(=O)(=O)Nc1cc(Cl)cc(Cl)c1. The zero-order chi connectivity index (χ0) is 14.8. The van der Waals surface area contributed by atoms with E-state index in [1.807, 2.05) is 0 Å². The van der Waals surface area contributed by atoms with Gasteiger partial charge < -0.3 is 5.32 Å². The molecule has 0 aliphatic carbocycles. The van der Waals surface area contributed by atoms with Crippen LogP contribution in [0.3, 0.4) is 0 Å². The van der Waals surface area contributed by atoms with Crippen molar-refractivity contribution >= 4 is 44.6 Å². The van der Waals surface area contributed by atoms with Gasteiger partial charge in [0.25, 0.3) is 10.0 Å². The molecule has 2 N–H and O–H groups in total. The maximum atomic E-state index is 12.3. The van der Waals surface area contributed by atoms with Gasteiger partial charge in [0.05, 0.1) is 11.4 Å². The Morgan fingerprint density at radius 2 is 1.80 bits per heavy atom. The van der Waals surface area contributed by atoms with E-state index in [0.717, 1.165) is 0 Å². The summed E-state index contributed by atoms with van der Waals surface area (Å²) in [6, 6.07) is 7.70. The lowest BCUT2D eigenvalue weighted by atomic mass is 10.3. The number of hydrogen-bond acceptors (Lipinski definition) is 4. The fourth-order valence-electron chi connectivity index (χ4n) is 1.61. The number of hydrogen-bond donors (Lipinski definition) is 2. The first-order chi connectivity index (χ1) is 9.42. The van der Waals surface area contributed by atoms with E-state index in [4.69, 9.17) is 23.2 Å². The van der Waals surface area contributed by atoms with Crippen LogP contribution in [0.25, 0.3) is 0 Å². The molecule has 0 bridgehead atoms. The van der Waals surface area contributed by atoms with Gasteiger partial charge in [-0.2, -0.15) is 8.42 Å². The van der Waals surface area contributed by atoms with Crippen LogP contribution in [0.2, 0.25) is 10.0 Å². The smallest absolute Gasteiger partial charge is 0.281 e. The van der Waals surface area contributed by atoms with E-state index >= 15 is 0 Å². The van der Waals surface area contributed by atoms with Gasteiger partial charge in [-0.1, -0.05) is 23.2 Å². The lowest BCUT2D eigenvalue weighted by molar-refractivity contribution is 0.598. The van der Waals surface area contributed by atoms with E-state index in [-0.39, 0.29) is 10.7 Å². The van der Waals surface area contributed by atoms with Gasteiger partial charge in [-0.3, -0.25) is 4.72 Å². The van der Waals surface area contributed by atoms with E-state index < -0.39 is 10.0 Å². The Labute approximate surface area is 127 Å². The Bertz CT molecular complexity index is 715. The van der Waals surface area contributed by atoms with Crippen molar-refractivity contribution in [3.8, 4) is 0 Å². The first-order valence-corrected chi connectivity index (χ1v) is 7.78. The van der Waals surface area contributed by atoms with Crippen molar-refractivity contribution in [2.24, 2.45) is 0 Å². The van der Waals surface area contributed by atoms with Crippen molar-refractivity contribution in [2.75, 3.05) is 17.1 Å². The maximum Gasteiger partial charge on any atom is 0.281 e. The molecule has 0 unspecified atom stereocenters. The van der Waals surface area contributed by atoms with E-state index in [0.29, 0.717) is 15.7 Å². The number of anilines is 2. The van der Waals surface area contributed by atoms with Crippen molar-refractivity contribution in [3.63, 3.8) is 0 Å². The first kappa shape index (κ1) is 14.9. The molecule has 1 heterocycles. The number of nitrogens with one attached hydrogen (secondary N) is 2. The zero-order valence-corrected chi connectivity index (χ0v) is 12.7. The summed E-state index contributed by atoms with van der Waals surface area (Å²) in [5, 5.41) is 3.35. The average Bonchev–Trinajstić information content (AvgIpc) is 2.36. The zero-order valence-electron chi connectivity index (χ0n) is 10.4. The monoisotopic (exact) mass is 331 g/mol. The highest BCUT2D eigenvalue weighted by atomic mass is 35.5. The molecule has 1 aromatic carbocycles. The topological polar surface area (TPSA) is 71.1 Å². The highest BCUT2D eigenvalue weighted by molar-refractivity contribution is 7.92. The molecule has 8 heteroatoms. The number of sulfonamides is 1. The number of benzene rings is 1. The Hall–Kier alpha value is -1.50. The molecule has 0 spiro atoms. The largest absolute Gasteiger partial charge is 0.386 e. The second kappa shape index (κ2) is 5.87. The predicted molar refractivity (Wildman–Crippen MR) is 81.1 cm³/mol. The van der Waals surface area contributed by atoms with Gasteiger partial charge >= 0.3 is 0 Å². The maximum absolute atomic E-state index is 12.3. The van der Waals surface area contributed by atoms with Crippen LogP contribution in [0.4, 0.5) is 11.4 Å². The van der Waals surface area contributed by atoms with Crippen LogP contribution in [0.1, 0.15) is 0 Å². The number of nitrogens with zero attached hydrogens (tertiary/aromatic N) is 1. The second-order valence-electron chi connectivity index (χ2n) is 3.87. The van der Waals surface area contributed by atoms with Gasteiger partial charge in [0.15, 0.2) is 5.03 Å². The molecule has 0 saturated heterocycles. The van der Waals surface area contributed by atoms with Crippen molar-refractivity contribution in [1.29, 1.82) is 0 Å². The van der Waals surface area contributed by atoms with E-state index in [9.17, 15) is 8.42 Å². The molecule has 0 atom stereocenters. The van der Waals surface area contributed by atoms with Gasteiger partial charge in [-0.15, -0.1) is 0 Å². The Kier molecular flexibility index (Phi) is 4.37. The summed E-state index contributed by atoms with van der Waals surface area (Å²) < 4.78 is 27.0. The van der Waals surface area contributed by atoms with Gasteiger partial charge in [0.2, 0.25) is 0 Å². The normalized spacial score (nSPS) is 11.2. The lowest BCUT2D eigenvalue weighted by Crippen LogP contribution is -2.16. The summed E-state index contributed by atoms with van der Waals surface area (Å²) in [4.78, 5) is 3.88. The Morgan fingerprint density at radius 1 is 1.15 bits per heavy atom. The van der Waals surface area contributed by atoms with Crippen LogP contribution in [0, 0.1) is 0 Å². The molecular formula is C12H11Cl2N3O2S. The molecule has 5 nitrogen and oxygen atoms in total. The predicted octanol–water partition coefficient (Wildman–Crippen LogP) is 3.23. The van der Waals surface area contributed by atoms with Crippen LogP contribution in [-0.4, -0.2) is 20.4 Å². The number of aromatic nitrogens is 1. The van der Waals surface area contributed by atoms with E-state index in [2.05, 4.69) is 15.0 Å². The van der Waals surface area contributed by atoms with Gasteiger partial charge in [-0.25, -0.2) is 4.98 Å². The molecule has 1 aromatic heterocycles. The third-order valence-corrected chi connectivity index (χ3v) is 4.19. The summed E-state index contributed by atoms with van der Waals surface area (Å²) in [5.74, 6) is 0. The Morgan fingerprint density at radius 3 is 2.40 bits per heavy atom. The minimum absolute atomic E-state index is 0.0985. The van der Waals surface area contributed by atoms with Crippen molar-refractivity contribution in [1.82, 2.24) is 4.98 Å². The molecule has 0 aliphatic rings. The third kappa shape index (κ3) is 3.33. The molecule has 0 radical (unpaired) electrons. The van der Waals surface area contributed by atoms with Crippen LogP contribution in [0.5, 0.6) is 0 Å². The average molecular weight is 332 g/mol. The summed E-state index contributed by atoms with van der Waals surface area (Å²) in [7, 11) is -2.21. The van der Waals surface area contributed by atoms with Crippen LogP contribution < -0.4 is 10.0 Å². The summed E-state index contributed by atoms with van der Waals surface area (Å²) in [5.41, 5.74) is 0.670. The number of pyridine rings is 1. The van der Waals surface area contributed by atoms with Crippen LogP contribution in [-0.2, 0) is 10.0 Å². The molecule has 2 aromatic rings. The first-order valence-electron chi connectivity index (χ1n) is 5.54. The second-order valence-corrected chi connectivity index (χ2v) is 6.34. The van der Waals surface area contributed by atoms with Gasteiger partial charge in [0, 0.05) is 23.3 Å². The highest BCUT2D eigenvalue weighted by Crippen LogP contribution is 2.26. The van der Waals surface area contributed by atoms with Crippen LogP contribution in [0.15, 0.2) is 41.6 Å². The molecule has 0 amide bonds. The standard InChI is InChI=1S/C12H11Cl2N3O2S/c1-15-11-3-2-4-16-12(11)20(18,19)17-10-6-8(13)5-9(14)7-10/h2-7,15,17H,1H3. The van der Waals surface area contributed by atoms with Crippen LogP contribution >= 0.6 is 23.2 Å². The fourth-order valence-corrected chi connectivity index (χ4v) is 3.32. The van der Waals surface area contributed by atoms with Crippen molar-refractivity contribution in [3.05, 3.63) is 46.6 Å². The van der Waals surface area contributed by atoms with E-state index in [1.165, 1.54) is 24.4 Å². The molecule has 0 saturated carbocycles. The van der Waals surface area contributed by atoms with Gasteiger partial charge in [0.1, 0.15) is 0 Å². The lowest BCUT2D eigenvalue weighted by Gasteiger charge is -2.11. The molecular weight excluding hydrogens is 321 g/mol. The van der Waals surface area contributed by atoms with Crippen molar-refractivity contribution in [2.45, 2.75) is 5.03 Å². The summed E-state index contributed by atoms with van der Waals surface area (Å²) >= 11 is 11.7. The minimum Gasteiger partial charge on any atom is -0.386 e. The molecule has 20 heavy (non-hydrogen) atoms. The minimum atomic E-state index is -3.83. The number of rotatable bonds is 4. The molecule has 2 rings (SSSR count). The third-order valence-electron chi connectivity index (χ3n) is 2.41. The number of halogens is 2. The summed E-state index contributed by atoms with van der Waals surface area (Å²) in [6.45, 7) is 0. The van der Waals surface area contributed by atoms with Gasteiger partial charge in [-0.05, 0) is 30.3 Å². The Balaban J connectivity index is 2.41.